The smallest absolute Gasteiger partial charge is 0.226 e. The number of imidazole rings is 1. The van der Waals surface area contributed by atoms with E-state index in [2.05, 4.69) is 20.3 Å². The number of carbonyl (C=O) groups excluding carboxylic acids is 1. The minimum absolute atomic E-state index is 0.101. The number of hydrogen-bond donors (Lipinski definition) is 2. The van der Waals surface area contributed by atoms with Crippen molar-refractivity contribution in [3.8, 4) is 28.7 Å². The van der Waals surface area contributed by atoms with Crippen LogP contribution < -0.4 is 10.1 Å². The summed E-state index contributed by atoms with van der Waals surface area (Å²) >= 11 is 2.89. The summed E-state index contributed by atoms with van der Waals surface area (Å²) in [5.74, 6) is 2.56. The highest BCUT2D eigenvalue weighted by Crippen LogP contribution is 2.33. The van der Waals surface area contributed by atoms with Gasteiger partial charge in [-0.25, -0.2) is 9.97 Å². The second-order valence-corrected chi connectivity index (χ2v) is 9.06. The van der Waals surface area contributed by atoms with Gasteiger partial charge in [-0.05, 0) is 49.4 Å². The van der Waals surface area contributed by atoms with E-state index in [-0.39, 0.29) is 5.91 Å². The van der Waals surface area contributed by atoms with Crippen molar-refractivity contribution in [2.75, 3.05) is 17.7 Å². The molecule has 4 heterocycles. The third-order valence-corrected chi connectivity index (χ3v) is 6.50. The minimum atomic E-state index is -0.101. The van der Waals surface area contributed by atoms with E-state index in [4.69, 9.17) is 13.6 Å². The Hall–Kier alpha value is -3.50. The molecule has 0 atom stereocenters. The van der Waals surface area contributed by atoms with Gasteiger partial charge in [-0.3, -0.25) is 4.79 Å². The Morgan fingerprint density at radius 1 is 1.15 bits per heavy atom. The average molecular weight is 481 g/mol. The molecule has 168 valence electrons. The Morgan fingerprint density at radius 2 is 1.97 bits per heavy atom. The molecule has 10 heteroatoms. The van der Waals surface area contributed by atoms with Crippen LogP contribution in [0.3, 0.4) is 0 Å². The van der Waals surface area contributed by atoms with Crippen molar-refractivity contribution in [3.63, 3.8) is 0 Å². The number of nitrogens with zero attached hydrogens (tertiary/aromatic N) is 2. The number of furan rings is 2. The van der Waals surface area contributed by atoms with E-state index >= 15 is 0 Å². The minimum Gasteiger partial charge on any atom is -0.494 e. The number of benzene rings is 1. The Balaban J connectivity index is 1.21. The number of nitrogens with one attached hydrogen (secondary N) is 2. The second-order valence-electron chi connectivity index (χ2n) is 6.95. The molecule has 0 aliphatic heterocycles. The van der Waals surface area contributed by atoms with Crippen molar-refractivity contribution in [2.24, 2.45) is 0 Å². The molecule has 2 N–H and O–H groups in total. The number of anilines is 1. The van der Waals surface area contributed by atoms with E-state index in [0.717, 1.165) is 21.7 Å². The number of thiazole rings is 1. The number of aromatic nitrogens is 3. The van der Waals surface area contributed by atoms with E-state index in [9.17, 15) is 4.79 Å². The molecule has 5 rings (SSSR count). The number of hydrogen-bond acceptors (Lipinski definition) is 8. The number of amides is 1. The number of thioether (sulfide) groups is 1. The molecule has 0 bridgehead atoms. The van der Waals surface area contributed by atoms with E-state index < -0.39 is 0 Å². The van der Waals surface area contributed by atoms with Gasteiger partial charge >= 0.3 is 0 Å². The zero-order valence-corrected chi connectivity index (χ0v) is 19.3. The maximum Gasteiger partial charge on any atom is 0.226 e. The van der Waals surface area contributed by atoms with Crippen LogP contribution in [0.4, 0.5) is 5.13 Å². The molecule has 8 nitrogen and oxygen atoms in total. The molecule has 0 saturated heterocycles. The highest BCUT2D eigenvalue weighted by molar-refractivity contribution is 7.99. The molecule has 0 radical (unpaired) electrons. The topological polar surface area (TPSA) is 106 Å². The Bertz CT molecular complexity index is 1310. The predicted octanol–water partition coefficient (Wildman–Crippen LogP) is 6.06. The van der Waals surface area contributed by atoms with Gasteiger partial charge in [0.05, 0.1) is 29.3 Å². The Kier molecular flexibility index (Phi) is 6.18. The second kappa shape index (κ2) is 9.55. The van der Waals surface area contributed by atoms with Gasteiger partial charge in [0.15, 0.2) is 21.8 Å². The summed E-state index contributed by atoms with van der Waals surface area (Å²) in [5.41, 5.74) is 2.24. The largest absolute Gasteiger partial charge is 0.494 e. The first kappa shape index (κ1) is 21.4. The quantitative estimate of drug-likeness (QED) is 0.247. The van der Waals surface area contributed by atoms with Crippen LogP contribution in [0, 0.1) is 0 Å². The number of fused-ring (bicyclic) bond motifs is 1. The lowest BCUT2D eigenvalue weighted by atomic mass is 10.2. The summed E-state index contributed by atoms with van der Waals surface area (Å²) in [6.07, 6.45) is 3.53. The molecule has 0 unspecified atom stereocenters. The monoisotopic (exact) mass is 480 g/mol. The van der Waals surface area contributed by atoms with E-state index in [1.54, 1.807) is 12.5 Å². The third-order valence-electron chi connectivity index (χ3n) is 4.69. The van der Waals surface area contributed by atoms with Crippen LogP contribution in [-0.4, -0.2) is 33.2 Å². The average Bonchev–Trinajstić information content (AvgIpc) is 3.59. The zero-order chi connectivity index (χ0) is 22.6. The van der Waals surface area contributed by atoms with E-state index in [1.807, 2.05) is 49.4 Å². The van der Waals surface area contributed by atoms with Crippen LogP contribution in [0.25, 0.3) is 33.1 Å². The molecule has 5 aromatic rings. The van der Waals surface area contributed by atoms with Crippen LogP contribution in [0.2, 0.25) is 0 Å². The van der Waals surface area contributed by atoms with Crippen molar-refractivity contribution in [1.82, 2.24) is 15.0 Å². The number of rotatable bonds is 9. The van der Waals surface area contributed by atoms with Crippen LogP contribution in [0.15, 0.2) is 69.0 Å². The van der Waals surface area contributed by atoms with Crippen LogP contribution in [-0.2, 0) is 4.79 Å². The van der Waals surface area contributed by atoms with Crippen molar-refractivity contribution in [3.05, 3.63) is 55.0 Å². The number of ether oxygens (including phenoxy) is 1. The highest BCUT2D eigenvalue weighted by atomic mass is 32.2. The van der Waals surface area contributed by atoms with E-state index in [1.165, 1.54) is 23.1 Å². The van der Waals surface area contributed by atoms with Crippen LogP contribution in [0.1, 0.15) is 13.3 Å². The molecule has 1 amide bonds. The fraction of sp³-hybridized carbons (Fsp3) is 0.174. The first-order valence-electron chi connectivity index (χ1n) is 10.3. The summed E-state index contributed by atoms with van der Waals surface area (Å²) in [4.78, 5) is 24.8. The number of aromatic amines is 1. The molecule has 0 fully saturated rings. The standard InChI is InChI=1S/C23H20N4O4S2/c1-2-29-14-7-8-15-18(13-14)33-23(24-15)25-19(28)9-12-32-22-26-20(16-5-3-10-30-16)21(27-22)17-6-4-11-31-17/h3-8,10-11,13H,2,9,12H2,1H3,(H,26,27)(H,24,25,28). The maximum absolute atomic E-state index is 12.5. The predicted molar refractivity (Wildman–Crippen MR) is 129 cm³/mol. The van der Waals surface area contributed by atoms with Crippen molar-refractivity contribution in [2.45, 2.75) is 18.5 Å². The summed E-state index contributed by atoms with van der Waals surface area (Å²) in [7, 11) is 0. The Morgan fingerprint density at radius 3 is 2.73 bits per heavy atom. The number of carbonyl (C=O) groups is 1. The molecule has 0 aliphatic rings. The van der Waals surface area contributed by atoms with Crippen molar-refractivity contribution in [1.29, 1.82) is 0 Å². The normalized spacial score (nSPS) is 11.2. The van der Waals surface area contributed by atoms with Gasteiger partial charge in [0.2, 0.25) is 5.91 Å². The van der Waals surface area contributed by atoms with Gasteiger partial charge in [0, 0.05) is 12.2 Å². The lowest BCUT2D eigenvalue weighted by molar-refractivity contribution is -0.115. The molecule has 0 saturated carbocycles. The lowest BCUT2D eigenvalue weighted by Gasteiger charge is -2.00. The van der Waals surface area contributed by atoms with E-state index in [0.29, 0.717) is 46.3 Å². The SMILES string of the molecule is CCOc1ccc2nc(NC(=O)CCSc3nc(-c4ccco4)c(-c4ccco4)[nH]3)sc2c1. The summed E-state index contributed by atoms with van der Waals surface area (Å²) < 4.78 is 17.5. The van der Waals surface area contributed by atoms with Gasteiger partial charge in [0.1, 0.15) is 17.1 Å². The fourth-order valence-corrected chi connectivity index (χ4v) is 4.97. The van der Waals surface area contributed by atoms with Gasteiger partial charge in [-0.15, -0.1) is 0 Å². The molecule has 4 aromatic heterocycles. The first-order valence-corrected chi connectivity index (χ1v) is 12.1. The fourth-order valence-electron chi connectivity index (χ4n) is 3.25. The van der Waals surface area contributed by atoms with Gasteiger partial charge in [-0.1, -0.05) is 23.1 Å². The van der Waals surface area contributed by atoms with Crippen molar-refractivity contribution >= 4 is 44.4 Å². The summed E-state index contributed by atoms with van der Waals surface area (Å²) in [5, 5.41) is 4.14. The summed E-state index contributed by atoms with van der Waals surface area (Å²) in [6.45, 7) is 2.55. The van der Waals surface area contributed by atoms with Gasteiger partial charge in [-0.2, -0.15) is 0 Å². The zero-order valence-electron chi connectivity index (χ0n) is 17.7. The van der Waals surface area contributed by atoms with Gasteiger partial charge in [0.25, 0.3) is 0 Å². The third kappa shape index (κ3) is 4.81. The molecule has 1 aromatic carbocycles. The van der Waals surface area contributed by atoms with Crippen LogP contribution >= 0.6 is 23.1 Å². The number of H-pyrrole nitrogens is 1. The molecular formula is C23H20N4O4S2. The first-order chi connectivity index (χ1) is 16.2. The van der Waals surface area contributed by atoms with Gasteiger partial charge < -0.3 is 23.9 Å². The molecular weight excluding hydrogens is 460 g/mol. The molecule has 0 spiro atoms. The maximum atomic E-state index is 12.5. The Labute approximate surface area is 197 Å². The summed E-state index contributed by atoms with van der Waals surface area (Å²) in [6, 6.07) is 13.0. The lowest BCUT2D eigenvalue weighted by Crippen LogP contribution is -2.11. The highest BCUT2D eigenvalue weighted by Gasteiger charge is 2.18. The molecule has 33 heavy (non-hydrogen) atoms. The van der Waals surface area contributed by atoms with Crippen molar-refractivity contribution < 1.29 is 18.4 Å². The molecule has 0 aliphatic carbocycles. The van der Waals surface area contributed by atoms with Crippen LogP contribution in [0.5, 0.6) is 5.75 Å².